The Kier molecular flexibility index (Phi) is 3.43. The van der Waals surface area contributed by atoms with Crippen LogP contribution in [0.25, 0.3) is 28.0 Å². The van der Waals surface area contributed by atoms with E-state index in [1.165, 1.54) is 0 Å². The molecule has 2 aliphatic heterocycles. The highest BCUT2D eigenvalue weighted by Crippen LogP contribution is 2.37. The second kappa shape index (κ2) is 6.02. The lowest BCUT2D eigenvalue weighted by Crippen LogP contribution is -2.26. The molecule has 29 heavy (non-hydrogen) atoms. The van der Waals surface area contributed by atoms with E-state index in [1.807, 2.05) is 41.2 Å². The zero-order valence-electron chi connectivity index (χ0n) is 16.1. The lowest BCUT2D eigenvalue weighted by atomic mass is 9.93. The highest BCUT2D eigenvalue weighted by atomic mass is 16.1. The fourth-order valence-corrected chi connectivity index (χ4v) is 4.50. The van der Waals surface area contributed by atoms with E-state index < -0.39 is 0 Å². The van der Waals surface area contributed by atoms with Gasteiger partial charge in [-0.3, -0.25) is 4.79 Å². The number of carbonyl (C=O) groups excluding carboxylic acids is 1. The molecule has 0 aliphatic carbocycles. The third-order valence-electron chi connectivity index (χ3n) is 5.96. The number of nitrogens with zero attached hydrogens (tertiary/aromatic N) is 4. The van der Waals surface area contributed by atoms with E-state index in [0.29, 0.717) is 6.54 Å². The summed E-state index contributed by atoms with van der Waals surface area (Å²) in [7, 11) is 2.11. The summed E-state index contributed by atoms with van der Waals surface area (Å²) < 4.78 is 1.86. The lowest BCUT2D eigenvalue weighted by molar-refractivity contribution is 0.0966. The molecule has 2 N–H and O–H groups in total. The molecule has 4 aromatic rings. The van der Waals surface area contributed by atoms with Gasteiger partial charge in [0, 0.05) is 43.4 Å². The Morgan fingerprint density at radius 3 is 2.93 bits per heavy atom. The summed E-state index contributed by atoms with van der Waals surface area (Å²) in [6, 6.07) is 10.1. The van der Waals surface area contributed by atoms with Gasteiger partial charge in [-0.15, -0.1) is 0 Å². The molecule has 0 saturated carbocycles. The van der Waals surface area contributed by atoms with Crippen LogP contribution in [0.2, 0.25) is 0 Å². The number of hydrogen-bond donors (Lipinski definition) is 2. The number of likely N-dealkylation sites (N-methyl/N-ethyl adjacent to an activating group) is 1. The van der Waals surface area contributed by atoms with Gasteiger partial charge in [-0.1, -0.05) is 12.1 Å². The molecule has 2 aliphatic rings. The van der Waals surface area contributed by atoms with E-state index in [1.54, 1.807) is 0 Å². The SMILES string of the molecule is CN1CCc2nc(-c3ccc(-c4cnn5ccccc45)c4c3C(=O)NC4)[nH]c2C1. The lowest BCUT2D eigenvalue weighted by Gasteiger charge is -2.20. The van der Waals surface area contributed by atoms with Crippen molar-refractivity contribution in [2.75, 3.05) is 13.6 Å². The maximum Gasteiger partial charge on any atom is 0.252 e. The summed E-state index contributed by atoms with van der Waals surface area (Å²) >= 11 is 0. The van der Waals surface area contributed by atoms with Gasteiger partial charge >= 0.3 is 0 Å². The third-order valence-corrected chi connectivity index (χ3v) is 5.96. The average molecular weight is 384 g/mol. The van der Waals surface area contributed by atoms with Gasteiger partial charge in [0.25, 0.3) is 5.91 Å². The van der Waals surface area contributed by atoms with E-state index >= 15 is 0 Å². The van der Waals surface area contributed by atoms with Crippen molar-refractivity contribution in [3.8, 4) is 22.5 Å². The number of hydrogen-bond acceptors (Lipinski definition) is 4. The Labute approximate surface area is 167 Å². The van der Waals surface area contributed by atoms with Crippen molar-refractivity contribution >= 4 is 11.4 Å². The van der Waals surface area contributed by atoms with Crippen LogP contribution in [0.1, 0.15) is 27.3 Å². The Bertz CT molecular complexity index is 1280. The molecule has 5 heterocycles. The Morgan fingerprint density at radius 1 is 1.10 bits per heavy atom. The van der Waals surface area contributed by atoms with Crippen molar-refractivity contribution < 1.29 is 4.79 Å². The van der Waals surface area contributed by atoms with E-state index in [4.69, 9.17) is 4.98 Å². The molecule has 1 aromatic carbocycles. The quantitative estimate of drug-likeness (QED) is 0.557. The molecule has 144 valence electrons. The minimum atomic E-state index is -0.0418. The van der Waals surface area contributed by atoms with Gasteiger partial charge in [-0.25, -0.2) is 9.50 Å². The van der Waals surface area contributed by atoms with E-state index in [2.05, 4.69) is 33.4 Å². The van der Waals surface area contributed by atoms with Crippen molar-refractivity contribution in [3.05, 3.63) is 65.2 Å². The minimum absolute atomic E-state index is 0.0418. The van der Waals surface area contributed by atoms with E-state index in [9.17, 15) is 4.79 Å². The molecule has 0 atom stereocenters. The first kappa shape index (κ1) is 16.5. The molecule has 0 saturated heterocycles. The van der Waals surface area contributed by atoms with Crippen LogP contribution in [-0.2, 0) is 19.5 Å². The first-order chi connectivity index (χ1) is 14.2. The predicted octanol–water partition coefficient (Wildman–Crippen LogP) is 2.62. The van der Waals surface area contributed by atoms with E-state index in [0.717, 1.165) is 70.1 Å². The molecule has 3 aromatic heterocycles. The number of imidazole rings is 1. The standard InChI is InChI=1S/C22H20N6O/c1-27-9-7-17-18(12-27)26-21(25-17)14-6-5-13(16-10-23-22(29)20(14)16)15-11-24-28-8-3-2-4-19(15)28/h2-6,8,11H,7,9-10,12H2,1H3,(H,23,29)(H,25,26). The number of benzene rings is 1. The zero-order chi connectivity index (χ0) is 19.5. The maximum absolute atomic E-state index is 12.8. The predicted molar refractivity (Wildman–Crippen MR) is 109 cm³/mol. The van der Waals surface area contributed by atoms with Crippen LogP contribution in [0.5, 0.6) is 0 Å². The van der Waals surface area contributed by atoms with Gasteiger partial charge in [0.1, 0.15) is 5.82 Å². The van der Waals surface area contributed by atoms with Gasteiger partial charge in [-0.05, 0) is 36.4 Å². The van der Waals surface area contributed by atoms with Gasteiger partial charge in [0.2, 0.25) is 0 Å². The maximum atomic E-state index is 12.8. The Balaban J connectivity index is 1.53. The molecule has 0 bridgehead atoms. The summed E-state index contributed by atoms with van der Waals surface area (Å²) in [5.41, 5.74) is 7.95. The first-order valence-electron chi connectivity index (χ1n) is 9.82. The molecule has 0 fully saturated rings. The van der Waals surface area contributed by atoms with Crippen molar-refractivity contribution in [1.29, 1.82) is 0 Å². The number of rotatable bonds is 2. The van der Waals surface area contributed by atoms with Gasteiger partial charge in [-0.2, -0.15) is 5.10 Å². The van der Waals surface area contributed by atoms with Crippen LogP contribution in [-0.4, -0.2) is 44.0 Å². The normalized spacial score (nSPS) is 16.1. The summed E-state index contributed by atoms with van der Waals surface area (Å²) in [6.45, 7) is 2.38. The third kappa shape index (κ3) is 2.44. The summed E-state index contributed by atoms with van der Waals surface area (Å²) in [4.78, 5) is 23.3. The molecule has 1 amide bonds. The van der Waals surface area contributed by atoms with Crippen LogP contribution in [0.3, 0.4) is 0 Å². The van der Waals surface area contributed by atoms with Crippen molar-refractivity contribution in [2.24, 2.45) is 0 Å². The molecule has 0 unspecified atom stereocenters. The number of pyridine rings is 1. The van der Waals surface area contributed by atoms with Gasteiger partial charge in [0.15, 0.2) is 0 Å². The topological polar surface area (TPSA) is 78.3 Å². The van der Waals surface area contributed by atoms with Crippen molar-refractivity contribution in [3.63, 3.8) is 0 Å². The van der Waals surface area contributed by atoms with Crippen LogP contribution < -0.4 is 5.32 Å². The number of fused-ring (bicyclic) bond motifs is 3. The Hall–Kier alpha value is -3.45. The van der Waals surface area contributed by atoms with Crippen LogP contribution >= 0.6 is 0 Å². The number of aromatic amines is 1. The number of aromatic nitrogens is 4. The summed E-state index contributed by atoms with van der Waals surface area (Å²) in [5, 5.41) is 7.46. The van der Waals surface area contributed by atoms with Crippen molar-refractivity contribution in [1.82, 2.24) is 29.8 Å². The zero-order valence-corrected chi connectivity index (χ0v) is 16.1. The Morgan fingerprint density at radius 2 is 2.00 bits per heavy atom. The van der Waals surface area contributed by atoms with E-state index in [-0.39, 0.29) is 5.91 Å². The molecule has 6 rings (SSSR count). The fourth-order valence-electron chi connectivity index (χ4n) is 4.50. The second-order valence-electron chi connectivity index (χ2n) is 7.78. The monoisotopic (exact) mass is 384 g/mol. The van der Waals surface area contributed by atoms with Crippen LogP contribution in [0.4, 0.5) is 0 Å². The van der Waals surface area contributed by atoms with Crippen LogP contribution in [0.15, 0.2) is 42.7 Å². The smallest absolute Gasteiger partial charge is 0.252 e. The second-order valence-corrected chi connectivity index (χ2v) is 7.78. The molecule has 7 nitrogen and oxygen atoms in total. The van der Waals surface area contributed by atoms with Crippen LogP contribution in [0, 0.1) is 0 Å². The number of H-pyrrole nitrogens is 1. The minimum Gasteiger partial charge on any atom is -0.348 e. The van der Waals surface area contributed by atoms with Gasteiger partial charge < -0.3 is 15.2 Å². The first-order valence-corrected chi connectivity index (χ1v) is 9.82. The highest BCUT2D eigenvalue weighted by molar-refractivity contribution is 6.06. The molecule has 7 heteroatoms. The molecular weight excluding hydrogens is 364 g/mol. The highest BCUT2D eigenvalue weighted by Gasteiger charge is 2.29. The number of amides is 1. The van der Waals surface area contributed by atoms with Gasteiger partial charge in [0.05, 0.1) is 28.7 Å². The fraction of sp³-hybridized carbons (Fsp3) is 0.227. The summed E-state index contributed by atoms with van der Waals surface area (Å²) in [6.07, 6.45) is 4.73. The number of nitrogens with one attached hydrogen (secondary N) is 2. The molecule has 0 spiro atoms. The molecular formula is C22H20N6O. The summed E-state index contributed by atoms with van der Waals surface area (Å²) in [5.74, 6) is 0.741. The molecule has 0 radical (unpaired) electrons. The number of carbonyl (C=O) groups is 1. The van der Waals surface area contributed by atoms with Crippen molar-refractivity contribution in [2.45, 2.75) is 19.5 Å². The average Bonchev–Trinajstić information content (AvgIpc) is 3.44. The largest absolute Gasteiger partial charge is 0.348 e.